The average molecular weight is 271 g/mol. The first-order chi connectivity index (χ1) is 8.81. The van der Waals surface area contributed by atoms with Crippen LogP contribution in [0.4, 0.5) is 4.79 Å². The number of amides is 2. The Bertz CT molecular complexity index is 333. The van der Waals surface area contributed by atoms with Gasteiger partial charge < -0.3 is 20.2 Å². The zero-order chi connectivity index (χ0) is 14.6. The number of carbonyl (C=O) groups excluding carboxylic acids is 1. The van der Waals surface area contributed by atoms with Crippen LogP contribution in [0.1, 0.15) is 20.3 Å². The highest BCUT2D eigenvalue weighted by Crippen LogP contribution is 2.15. The molecular weight excluding hydrogens is 246 g/mol. The third-order valence-electron chi connectivity index (χ3n) is 3.58. The number of carboxylic acids is 1. The van der Waals surface area contributed by atoms with E-state index >= 15 is 0 Å². The normalized spacial score (nSPS) is 21.4. The number of carbonyl (C=O) groups is 2. The molecule has 0 aromatic heterocycles. The van der Waals surface area contributed by atoms with E-state index in [-0.39, 0.29) is 11.9 Å². The number of hydrogen-bond acceptors (Lipinski definition) is 3. The lowest BCUT2D eigenvalue weighted by atomic mass is 10.1. The Kier molecular flexibility index (Phi) is 5.60. The monoisotopic (exact) mass is 271 g/mol. The van der Waals surface area contributed by atoms with Gasteiger partial charge in [-0.2, -0.15) is 0 Å². The van der Waals surface area contributed by atoms with Gasteiger partial charge in [0, 0.05) is 20.1 Å². The first kappa shape index (κ1) is 15.8. The molecule has 1 fully saturated rings. The summed E-state index contributed by atoms with van der Waals surface area (Å²) in [7, 11) is 3.78. The second-order valence-corrected chi connectivity index (χ2v) is 5.81. The number of nitrogens with one attached hydrogen (secondary N) is 1. The quantitative estimate of drug-likeness (QED) is 0.771. The Morgan fingerprint density at radius 2 is 2.11 bits per heavy atom. The molecule has 2 N–H and O–H groups in total. The molecule has 1 aliphatic rings. The molecule has 110 valence electrons. The molecule has 0 radical (unpaired) electrons. The van der Waals surface area contributed by atoms with Crippen molar-refractivity contribution >= 4 is 12.0 Å². The third-order valence-corrected chi connectivity index (χ3v) is 3.58. The van der Waals surface area contributed by atoms with E-state index < -0.39 is 12.0 Å². The Morgan fingerprint density at radius 1 is 1.47 bits per heavy atom. The predicted octanol–water partition coefficient (Wildman–Crippen LogP) is 0.689. The summed E-state index contributed by atoms with van der Waals surface area (Å²) < 4.78 is 0. The molecule has 1 aliphatic heterocycles. The van der Waals surface area contributed by atoms with Crippen molar-refractivity contribution in [2.24, 2.45) is 11.8 Å². The van der Waals surface area contributed by atoms with Crippen LogP contribution in [0.15, 0.2) is 0 Å². The van der Waals surface area contributed by atoms with Crippen LogP contribution in [-0.2, 0) is 4.79 Å². The van der Waals surface area contributed by atoms with E-state index in [9.17, 15) is 9.59 Å². The van der Waals surface area contributed by atoms with Crippen LogP contribution in [0.5, 0.6) is 0 Å². The zero-order valence-corrected chi connectivity index (χ0v) is 12.2. The molecule has 1 saturated heterocycles. The Balaban J connectivity index is 2.45. The van der Waals surface area contributed by atoms with Gasteiger partial charge in [-0.05, 0) is 31.8 Å². The van der Waals surface area contributed by atoms with Crippen LogP contribution in [0, 0.1) is 11.8 Å². The number of aliphatic carboxylic acids is 1. The number of rotatable bonds is 5. The number of nitrogens with zero attached hydrogens (tertiary/aromatic N) is 2. The van der Waals surface area contributed by atoms with E-state index in [2.05, 4.69) is 17.3 Å². The van der Waals surface area contributed by atoms with Gasteiger partial charge in [-0.3, -0.25) is 0 Å². The predicted molar refractivity (Wildman–Crippen MR) is 73.0 cm³/mol. The summed E-state index contributed by atoms with van der Waals surface area (Å²) in [5.74, 6) is -0.645. The van der Waals surface area contributed by atoms with Crippen molar-refractivity contribution in [2.45, 2.75) is 26.3 Å². The van der Waals surface area contributed by atoms with E-state index in [4.69, 9.17) is 5.11 Å². The summed E-state index contributed by atoms with van der Waals surface area (Å²) in [5, 5.41) is 11.6. The van der Waals surface area contributed by atoms with Crippen LogP contribution in [0.25, 0.3) is 0 Å². The van der Waals surface area contributed by atoms with Gasteiger partial charge in [0.25, 0.3) is 0 Å². The van der Waals surface area contributed by atoms with E-state index in [1.807, 2.05) is 0 Å². The number of urea groups is 1. The fourth-order valence-corrected chi connectivity index (χ4v) is 2.40. The molecule has 0 aromatic rings. The van der Waals surface area contributed by atoms with E-state index in [0.29, 0.717) is 12.5 Å². The van der Waals surface area contributed by atoms with Gasteiger partial charge in [0.1, 0.15) is 6.04 Å². The molecule has 0 aliphatic carbocycles. The molecular formula is C13H25N3O3. The Hall–Kier alpha value is -1.30. The lowest BCUT2D eigenvalue weighted by Crippen LogP contribution is -2.50. The average Bonchev–Trinajstić information content (AvgIpc) is 2.70. The lowest BCUT2D eigenvalue weighted by molar-refractivity contribution is -0.140. The largest absolute Gasteiger partial charge is 0.480 e. The summed E-state index contributed by atoms with van der Waals surface area (Å²) >= 11 is 0. The van der Waals surface area contributed by atoms with Gasteiger partial charge in [-0.25, -0.2) is 9.59 Å². The van der Waals surface area contributed by atoms with Crippen LogP contribution >= 0.6 is 0 Å². The SMILES string of the molecule is CC(C)C(NC(=O)N(C)CC1CCN(C)C1)C(=O)O. The highest BCUT2D eigenvalue weighted by molar-refractivity contribution is 5.82. The molecule has 2 unspecified atom stereocenters. The van der Waals surface area contributed by atoms with Crippen LogP contribution in [-0.4, -0.2) is 66.7 Å². The number of carboxylic acid groups (broad SMARTS) is 1. The summed E-state index contributed by atoms with van der Waals surface area (Å²) in [5.41, 5.74) is 0. The van der Waals surface area contributed by atoms with Crippen LogP contribution < -0.4 is 5.32 Å². The molecule has 0 saturated carbocycles. The van der Waals surface area contributed by atoms with Crippen molar-refractivity contribution in [1.29, 1.82) is 0 Å². The van der Waals surface area contributed by atoms with Gasteiger partial charge >= 0.3 is 12.0 Å². The van der Waals surface area contributed by atoms with Crippen molar-refractivity contribution in [3.05, 3.63) is 0 Å². The standard InChI is InChI=1S/C13H25N3O3/c1-9(2)11(12(17)18)14-13(19)16(4)8-10-5-6-15(3)7-10/h9-11H,5-8H2,1-4H3,(H,14,19)(H,17,18). The molecule has 6 heteroatoms. The highest BCUT2D eigenvalue weighted by Gasteiger charge is 2.27. The molecule has 19 heavy (non-hydrogen) atoms. The maximum absolute atomic E-state index is 12.0. The van der Waals surface area contributed by atoms with E-state index in [1.165, 1.54) is 0 Å². The second-order valence-electron chi connectivity index (χ2n) is 5.81. The first-order valence-corrected chi connectivity index (χ1v) is 6.74. The van der Waals surface area contributed by atoms with Crippen molar-refractivity contribution < 1.29 is 14.7 Å². The Labute approximate surface area is 114 Å². The minimum Gasteiger partial charge on any atom is -0.480 e. The molecule has 1 heterocycles. The molecule has 6 nitrogen and oxygen atoms in total. The lowest BCUT2D eigenvalue weighted by Gasteiger charge is -2.25. The van der Waals surface area contributed by atoms with Crippen molar-refractivity contribution in [1.82, 2.24) is 15.1 Å². The van der Waals surface area contributed by atoms with Crippen LogP contribution in [0.3, 0.4) is 0 Å². The topological polar surface area (TPSA) is 72.9 Å². The maximum Gasteiger partial charge on any atom is 0.326 e. The summed E-state index contributed by atoms with van der Waals surface area (Å²) in [6.45, 7) is 6.28. The number of hydrogen-bond donors (Lipinski definition) is 2. The van der Waals surface area contributed by atoms with E-state index in [1.54, 1.807) is 25.8 Å². The van der Waals surface area contributed by atoms with Gasteiger partial charge in [0.05, 0.1) is 0 Å². The zero-order valence-electron chi connectivity index (χ0n) is 12.2. The van der Waals surface area contributed by atoms with Crippen LogP contribution in [0.2, 0.25) is 0 Å². The molecule has 0 aromatic carbocycles. The fourth-order valence-electron chi connectivity index (χ4n) is 2.40. The van der Waals surface area contributed by atoms with Crippen molar-refractivity contribution in [3.63, 3.8) is 0 Å². The van der Waals surface area contributed by atoms with Gasteiger partial charge in [-0.15, -0.1) is 0 Å². The van der Waals surface area contributed by atoms with Gasteiger partial charge in [-0.1, -0.05) is 13.8 Å². The third kappa shape index (κ3) is 4.70. The summed E-state index contributed by atoms with van der Waals surface area (Å²) in [6, 6.07) is -1.14. The highest BCUT2D eigenvalue weighted by atomic mass is 16.4. The van der Waals surface area contributed by atoms with Crippen molar-refractivity contribution in [3.8, 4) is 0 Å². The molecule has 1 rings (SSSR count). The molecule has 2 amide bonds. The summed E-state index contributed by atoms with van der Waals surface area (Å²) in [4.78, 5) is 26.8. The van der Waals surface area contributed by atoms with Crippen molar-refractivity contribution in [2.75, 3.05) is 33.7 Å². The van der Waals surface area contributed by atoms with Gasteiger partial charge in [0.15, 0.2) is 0 Å². The van der Waals surface area contributed by atoms with E-state index in [0.717, 1.165) is 19.5 Å². The number of likely N-dealkylation sites (tertiary alicyclic amines) is 1. The molecule has 2 atom stereocenters. The maximum atomic E-state index is 12.0. The fraction of sp³-hybridized carbons (Fsp3) is 0.846. The second kappa shape index (κ2) is 6.75. The molecule has 0 spiro atoms. The Morgan fingerprint density at radius 3 is 2.53 bits per heavy atom. The first-order valence-electron chi connectivity index (χ1n) is 6.74. The minimum absolute atomic E-state index is 0.132. The molecule has 0 bridgehead atoms. The van der Waals surface area contributed by atoms with Gasteiger partial charge in [0.2, 0.25) is 0 Å². The summed E-state index contributed by atoms with van der Waals surface area (Å²) in [6.07, 6.45) is 1.08. The smallest absolute Gasteiger partial charge is 0.326 e. The minimum atomic E-state index is -0.989.